The van der Waals surface area contributed by atoms with Crippen LogP contribution < -0.4 is 4.74 Å². The Kier molecular flexibility index (Phi) is 4.62. The lowest BCUT2D eigenvalue weighted by Crippen LogP contribution is -2.30. The van der Waals surface area contributed by atoms with Crippen LogP contribution in [0.1, 0.15) is 19.0 Å². The second-order valence-electron chi connectivity index (χ2n) is 4.67. The molecule has 19 heavy (non-hydrogen) atoms. The minimum absolute atomic E-state index is 0.205. The molecular weight excluding hydrogens is 270 g/mol. The molecule has 5 nitrogen and oxygen atoms in total. The number of aliphatic hydroxyl groups is 1. The van der Waals surface area contributed by atoms with Gasteiger partial charge in [-0.2, -0.15) is 0 Å². The van der Waals surface area contributed by atoms with E-state index in [-0.39, 0.29) is 6.61 Å². The van der Waals surface area contributed by atoms with Gasteiger partial charge in [0.1, 0.15) is 23.1 Å². The minimum atomic E-state index is -0.562. The zero-order valence-electron chi connectivity index (χ0n) is 11.1. The number of nitrogens with zero attached hydrogens (tertiary/aromatic N) is 1. The van der Waals surface area contributed by atoms with Crippen LogP contribution in [0, 0.1) is 0 Å². The normalized spacial score (nSPS) is 24.4. The van der Waals surface area contributed by atoms with Crippen LogP contribution in [-0.2, 0) is 15.1 Å². The van der Waals surface area contributed by atoms with Crippen molar-refractivity contribution in [2.75, 3.05) is 26.9 Å². The lowest BCUT2D eigenvalue weighted by atomic mass is 9.98. The van der Waals surface area contributed by atoms with Gasteiger partial charge in [-0.15, -0.1) is 0 Å². The maximum absolute atomic E-state index is 9.24. The quantitative estimate of drug-likeness (QED) is 0.836. The van der Waals surface area contributed by atoms with Crippen molar-refractivity contribution in [2.45, 2.75) is 25.0 Å². The monoisotopic (exact) mass is 287 g/mol. The Morgan fingerprint density at radius 2 is 2.37 bits per heavy atom. The van der Waals surface area contributed by atoms with Crippen molar-refractivity contribution in [1.82, 2.24) is 4.98 Å². The van der Waals surface area contributed by atoms with Gasteiger partial charge in [0.15, 0.2) is 0 Å². The summed E-state index contributed by atoms with van der Waals surface area (Å²) in [5, 5.41) is 9.58. The van der Waals surface area contributed by atoms with Crippen molar-refractivity contribution in [1.29, 1.82) is 0 Å². The fraction of sp³-hybridized carbons (Fsp3) is 0.615. The summed E-state index contributed by atoms with van der Waals surface area (Å²) in [6.45, 7) is 2.94. The van der Waals surface area contributed by atoms with Gasteiger partial charge >= 0.3 is 0 Å². The van der Waals surface area contributed by atoms with Gasteiger partial charge in [0.2, 0.25) is 0 Å². The molecule has 1 aliphatic heterocycles. The molecule has 1 saturated heterocycles. The van der Waals surface area contributed by atoms with Gasteiger partial charge in [-0.1, -0.05) is 11.6 Å². The molecule has 0 radical (unpaired) electrons. The Morgan fingerprint density at radius 1 is 1.58 bits per heavy atom. The number of halogens is 1. The van der Waals surface area contributed by atoms with Crippen LogP contribution in [0.4, 0.5) is 0 Å². The van der Waals surface area contributed by atoms with Gasteiger partial charge in [-0.3, -0.25) is 0 Å². The number of methoxy groups -OCH3 is 1. The van der Waals surface area contributed by atoms with E-state index in [9.17, 15) is 5.11 Å². The number of pyridine rings is 1. The Morgan fingerprint density at radius 3 is 2.95 bits per heavy atom. The predicted molar refractivity (Wildman–Crippen MR) is 70.5 cm³/mol. The van der Waals surface area contributed by atoms with Gasteiger partial charge < -0.3 is 19.3 Å². The van der Waals surface area contributed by atoms with Crippen LogP contribution in [0.3, 0.4) is 0 Å². The molecule has 1 aromatic rings. The number of aromatic nitrogens is 1. The molecule has 1 aromatic heterocycles. The van der Waals surface area contributed by atoms with Crippen molar-refractivity contribution in [2.24, 2.45) is 0 Å². The first kappa shape index (κ1) is 14.5. The summed E-state index contributed by atoms with van der Waals surface area (Å²) in [6, 6.07) is 3.40. The molecule has 2 rings (SSSR count). The highest BCUT2D eigenvalue weighted by Crippen LogP contribution is 2.35. The lowest BCUT2D eigenvalue weighted by molar-refractivity contribution is -0.0248. The average molecular weight is 288 g/mol. The summed E-state index contributed by atoms with van der Waals surface area (Å²) in [5.41, 5.74) is 0.133. The molecule has 0 aromatic carbocycles. The summed E-state index contributed by atoms with van der Waals surface area (Å²) in [4.78, 5) is 4.30. The van der Waals surface area contributed by atoms with Gasteiger partial charge in [0, 0.05) is 32.3 Å². The molecule has 2 unspecified atom stereocenters. The number of rotatable bonds is 5. The van der Waals surface area contributed by atoms with E-state index in [2.05, 4.69) is 4.98 Å². The van der Waals surface area contributed by atoms with E-state index in [1.165, 1.54) is 0 Å². The minimum Gasteiger partial charge on any atom is -0.491 e. The topological polar surface area (TPSA) is 60.8 Å². The van der Waals surface area contributed by atoms with Gasteiger partial charge in [-0.05, 0) is 6.92 Å². The van der Waals surface area contributed by atoms with E-state index in [1.54, 1.807) is 26.2 Å². The fourth-order valence-electron chi connectivity index (χ4n) is 2.02. The average Bonchev–Trinajstić information content (AvgIpc) is 2.86. The molecular formula is C13H18ClNO4. The zero-order valence-corrected chi connectivity index (χ0v) is 11.8. The Labute approximate surface area is 117 Å². The van der Waals surface area contributed by atoms with E-state index < -0.39 is 11.7 Å². The van der Waals surface area contributed by atoms with Crippen LogP contribution in [-0.4, -0.2) is 43.1 Å². The Bertz CT molecular complexity index is 433. The van der Waals surface area contributed by atoms with Gasteiger partial charge in [0.05, 0.1) is 18.4 Å². The van der Waals surface area contributed by atoms with Crippen LogP contribution >= 0.6 is 11.6 Å². The number of ether oxygens (including phenoxy) is 3. The third kappa shape index (κ3) is 3.36. The van der Waals surface area contributed by atoms with E-state index >= 15 is 0 Å². The Hall–Kier alpha value is -0.880. The van der Waals surface area contributed by atoms with Crippen LogP contribution in [0.2, 0.25) is 5.15 Å². The highest BCUT2D eigenvalue weighted by Gasteiger charge is 2.38. The van der Waals surface area contributed by atoms with Gasteiger partial charge in [0.25, 0.3) is 0 Å². The number of hydrogen-bond acceptors (Lipinski definition) is 5. The standard InChI is InChI=1S/C13H18ClNO4/c1-9(16)7-19-10-5-11(15-12(14)6-10)13(17-2)3-4-18-8-13/h5-6,9,16H,3-4,7-8H2,1-2H3. The summed E-state index contributed by atoms with van der Waals surface area (Å²) in [5.74, 6) is 0.569. The van der Waals surface area contributed by atoms with Crippen LogP contribution in [0.5, 0.6) is 5.75 Å². The van der Waals surface area contributed by atoms with Crippen molar-refractivity contribution < 1.29 is 19.3 Å². The zero-order chi connectivity index (χ0) is 13.9. The van der Waals surface area contributed by atoms with E-state index in [0.29, 0.717) is 29.8 Å². The van der Waals surface area contributed by atoms with E-state index in [1.807, 2.05) is 0 Å². The SMILES string of the molecule is COC1(c2cc(OCC(C)O)cc(Cl)n2)CCOC1. The first-order chi connectivity index (χ1) is 9.05. The molecule has 0 bridgehead atoms. The number of hydrogen-bond donors (Lipinski definition) is 1. The van der Waals surface area contributed by atoms with Crippen molar-refractivity contribution in [3.8, 4) is 5.75 Å². The third-order valence-electron chi connectivity index (χ3n) is 3.10. The van der Waals surface area contributed by atoms with Crippen molar-refractivity contribution in [3.05, 3.63) is 23.0 Å². The summed E-state index contributed by atoms with van der Waals surface area (Å²) >= 11 is 6.01. The first-order valence-electron chi connectivity index (χ1n) is 6.17. The Balaban J connectivity index is 2.25. The fourth-order valence-corrected chi connectivity index (χ4v) is 2.22. The van der Waals surface area contributed by atoms with Gasteiger partial charge in [-0.25, -0.2) is 4.98 Å². The molecule has 0 amide bonds. The summed E-state index contributed by atoms with van der Waals surface area (Å²) in [6.07, 6.45) is 0.189. The van der Waals surface area contributed by atoms with Crippen LogP contribution in [0.15, 0.2) is 12.1 Å². The van der Waals surface area contributed by atoms with Crippen molar-refractivity contribution in [3.63, 3.8) is 0 Å². The maximum Gasteiger partial charge on any atom is 0.135 e. The molecule has 2 heterocycles. The lowest BCUT2D eigenvalue weighted by Gasteiger charge is -2.25. The first-order valence-corrected chi connectivity index (χ1v) is 6.55. The summed E-state index contributed by atoms with van der Waals surface area (Å²) < 4.78 is 16.4. The molecule has 0 aliphatic carbocycles. The third-order valence-corrected chi connectivity index (χ3v) is 3.30. The highest BCUT2D eigenvalue weighted by molar-refractivity contribution is 6.29. The summed E-state index contributed by atoms with van der Waals surface area (Å²) in [7, 11) is 1.63. The maximum atomic E-state index is 9.24. The molecule has 1 N–H and O–H groups in total. The molecule has 106 valence electrons. The molecule has 1 aliphatic rings. The predicted octanol–water partition coefficient (Wildman–Crippen LogP) is 1.76. The molecule has 6 heteroatoms. The molecule has 0 saturated carbocycles. The smallest absolute Gasteiger partial charge is 0.135 e. The van der Waals surface area contributed by atoms with Crippen molar-refractivity contribution >= 4 is 11.6 Å². The highest BCUT2D eigenvalue weighted by atomic mass is 35.5. The van der Waals surface area contributed by atoms with Crippen LogP contribution in [0.25, 0.3) is 0 Å². The molecule has 1 fully saturated rings. The molecule has 0 spiro atoms. The van der Waals surface area contributed by atoms with E-state index in [0.717, 1.165) is 6.42 Å². The second kappa shape index (κ2) is 6.05. The largest absolute Gasteiger partial charge is 0.491 e. The second-order valence-corrected chi connectivity index (χ2v) is 5.06. The number of aliphatic hydroxyl groups excluding tert-OH is 1. The van der Waals surface area contributed by atoms with E-state index in [4.69, 9.17) is 25.8 Å². The molecule has 2 atom stereocenters.